The zero-order chi connectivity index (χ0) is 30.8. The molecule has 1 saturated heterocycles. The van der Waals surface area contributed by atoms with Gasteiger partial charge in [0.1, 0.15) is 0 Å². The molecule has 1 atom stereocenters. The lowest BCUT2D eigenvalue weighted by molar-refractivity contribution is -0.132. The second kappa shape index (κ2) is 15.3. The number of benzene rings is 3. The first-order valence-corrected chi connectivity index (χ1v) is 17.5. The molecule has 2 aliphatic heterocycles. The molecule has 1 N–H and O–H groups in total. The second-order valence-corrected chi connectivity index (χ2v) is 13.9. The van der Waals surface area contributed by atoms with Crippen molar-refractivity contribution in [2.75, 3.05) is 31.9 Å². The maximum Gasteiger partial charge on any atom is 0.225 e. The second-order valence-electron chi connectivity index (χ2n) is 11.8. The Hall–Kier alpha value is -3.71. The number of rotatable bonds is 9. The maximum atomic E-state index is 13.4. The number of amides is 2. The third-order valence-corrected chi connectivity index (χ3v) is 10.5. The highest BCUT2D eigenvalue weighted by Gasteiger charge is 2.28. The Morgan fingerprint density at radius 1 is 0.909 bits per heavy atom. The van der Waals surface area contributed by atoms with E-state index in [-0.39, 0.29) is 36.5 Å². The van der Waals surface area contributed by atoms with E-state index < -0.39 is 10.0 Å². The van der Waals surface area contributed by atoms with E-state index in [1.807, 2.05) is 71.6 Å². The molecule has 1 unspecified atom stereocenters. The molecule has 44 heavy (non-hydrogen) atoms. The highest BCUT2D eigenvalue weighted by molar-refractivity contribution is 7.89. The number of hydrogen-bond donors (Lipinski definition) is 1. The quantitative estimate of drug-likeness (QED) is 0.318. The number of carbonyl (C=O) groups excluding carboxylic acids is 2. The third kappa shape index (κ3) is 8.69. The Morgan fingerprint density at radius 3 is 2.57 bits per heavy atom. The van der Waals surface area contributed by atoms with E-state index >= 15 is 0 Å². The van der Waals surface area contributed by atoms with Crippen molar-refractivity contribution < 1.29 is 18.0 Å². The maximum absolute atomic E-state index is 13.4. The minimum atomic E-state index is -3.56. The highest BCUT2D eigenvalue weighted by atomic mass is 32.2. The van der Waals surface area contributed by atoms with Crippen molar-refractivity contribution in [1.82, 2.24) is 14.5 Å². The molecule has 2 amide bonds. The lowest BCUT2D eigenvalue weighted by Crippen LogP contribution is -2.43. The Bertz CT molecular complexity index is 1610. The van der Waals surface area contributed by atoms with Gasteiger partial charge in [0.25, 0.3) is 0 Å². The smallest absolute Gasteiger partial charge is 0.225 e. The molecular formula is C36H43N3O4S. The van der Waals surface area contributed by atoms with Crippen molar-refractivity contribution in [2.24, 2.45) is 5.92 Å². The molecule has 7 nitrogen and oxygen atoms in total. The summed E-state index contributed by atoms with van der Waals surface area (Å²) in [5.74, 6) is -0.0616. The number of nitrogens with zero attached hydrogens (tertiary/aromatic N) is 2. The zero-order valence-corrected chi connectivity index (χ0v) is 26.2. The van der Waals surface area contributed by atoms with Crippen LogP contribution in [0.15, 0.2) is 90.3 Å². The lowest BCUT2D eigenvalue weighted by Gasteiger charge is -2.33. The van der Waals surface area contributed by atoms with Gasteiger partial charge in [0.2, 0.25) is 21.8 Å². The molecule has 0 spiro atoms. The van der Waals surface area contributed by atoms with Crippen molar-refractivity contribution in [1.29, 1.82) is 0 Å². The van der Waals surface area contributed by atoms with Crippen LogP contribution in [0.25, 0.3) is 10.8 Å². The van der Waals surface area contributed by atoms with E-state index in [9.17, 15) is 18.0 Å². The van der Waals surface area contributed by atoms with E-state index in [0.29, 0.717) is 44.5 Å². The van der Waals surface area contributed by atoms with Gasteiger partial charge in [-0.3, -0.25) is 9.59 Å². The molecule has 2 heterocycles. The van der Waals surface area contributed by atoms with Crippen molar-refractivity contribution in [2.45, 2.75) is 57.8 Å². The lowest BCUT2D eigenvalue weighted by atomic mass is 9.94. The molecule has 232 valence electrons. The van der Waals surface area contributed by atoms with Crippen LogP contribution in [0.3, 0.4) is 0 Å². The molecule has 0 radical (unpaired) electrons. The molecular weight excluding hydrogens is 570 g/mol. The molecule has 5 rings (SSSR count). The predicted octanol–water partition coefficient (Wildman–Crippen LogP) is 5.61. The van der Waals surface area contributed by atoms with E-state index in [1.165, 1.54) is 9.87 Å². The van der Waals surface area contributed by atoms with Gasteiger partial charge < -0.3 is 10.2 Å². The largest absolute Gasteiger partial charge is 0.342 e. The summed E-state index contributed by atoms with van der Waals surface area (Å²) in [6, 6.07) is 24.2. The van der Waals surface area contributed by atoms with Gasteiger partial charge in [-0.25, -0.2) is 12.7 Å². The fraction of sp³-hybridized carbons (Fsp3) is 0.417. The number of aryl methyl sites for hydroxylation is 2. The third-order valence-electron chi connectivity index (χ3n) is 8.66. The zero-order valence-electron chi connectivity index (χ0n) is 25.4. The summed E-state index contributed by atoms with van der Waals surface area (Å²) in [6.45, 7) is 1.81. The van der Waals surface area contributed by atoms with Crippen LogP contribution < -0.4 is 5.32 Å². The fourth-order valence-electron chi connectivity index (χ4n) is 6.20. The van der Waals surface area contributed by atoms with Crippen LogP contribution >= 0.6 is 0 Å². The van der Waals surface area contributed by atoms with Crippen LogP contribution in [-0.2, 0) is 32.5 Å². The minimum absolute atomic E-state index is 0.000742. The molecule has 0 aromatic heterocycles. The minimum Gasteiger partial charge on any atom is -0.342 e. The molecule has 8 heteroatoms. The molecule has 3 aromatic carbocycles. The first kappa shape index (κ1) is 31.7. The van der Waals surface area contributed by atoms with Gasteiger partial charge in [0.05, 0.1) is 11.4 Å². The van der Waals surface area contributed by atoms with Crippen molar-refractivity contribution in [3.05, 3.63) is 101 Å². The molecule has 3 aromatic rings. The Labute approximate surface area is 261 Å². The molecule has 1 fully saturated rings. The van der Waals surface area contributed by atoms with E-state index in [4.69, 9.17) is 0 Å². The van der Waals surface area contributed by atoms with Gasteiger partial charge in [-0.05, 0) is 72.9 Å². The van der Waals surface area contributed by atoms with Gasteiger partial charge in [0, 0.05) is 44.9 Å². The monoisotopic (exact) mass is 613 g/mol. The average molecular weight is 614 g/mol. The van der Waals surface area contributed by atoms with Crippen LogP contribution in [0.1, 0.15) is 56.1 Å². The number of sulfonamides is 1. The Balaban J connectivity index is 1.15. The number of nitrogens with one attached hydrogen (secondary N) is 1. The standard InChI is InChI=1S/C36H43N3O4S/c40-35-22-26-39(44(42,43)27-23-31-17-10-16-30-15-6-7-19-33(30)31)25-8-2-5-20-34(37-35)32-18-11-24-38(28-32)36(41)21-9-14-29-12-3-1-4-13-29/h1,3-7,10,12-13,15-17,19,32H,2,8-9,11,14,18,21-28H2,(H,37,40). The van der Waals surface area contributed by atoms with Crippen molar-refractivity contribution >= 4 is 32.6 Å². The summed E-state index contributed by atoms with van der Waals surface area (Å²) in [4.78, 5) is 28.0. The molecule has 0 aliphatic carbocycles. The number of fused-ring (bicyclic) bond motifs is 1. The average Bonchev–Trinajstić information content (AvgIpc) is 3.09. The summed E-state index contributed by atoms with van der Waals surface area (Å²) >= 11 is 0. The summed E-state index contributed by atoms with van der Waals surface area (Å²) in [6.07, 6.45) is 7.65. The normalized spacial score (nSPS) is 18.8. The summed E-state index contributed by atoms with van der Waals surface area (Å²) in [5, 5.41) is 5.20. The number of carbonyl (C=O) groups is 2. The van der Waals surface area contributed by atoms with Crippen LogP contribution in [0.2, 0.25) is 0 Å². The van der Waals surface area contributed by atoms with E-state index in [0.717, 1.165) is 48.6 Å². The first-order valence-electron chi connectivity index (χ1n) is 15.9. The van der Waals surface area contributed by atoms with Gasteiger partial charge >= 0.3 is 0 Å². The fourth-order valence-corrected chi connectivity index (χ4v) is 7.71. The summed E-state index contributed by atoms with van der Waals surface area (Å²) < 4.78 is 28.4. The number of piperidine rings is 1. The Kier molecular flexibility index (Phi) is 11.1. The molecule has 2 aliphatic rings. The highest BCUT2D eigenvalue weighted by Crippen LogP contribution is 2.24. The van der Waals surface area contributed by atoms with Crippen LogP contribution in [-0.4, -0.2) is 61.4 Å². The van der Waals surface area contributed by atoms with Gasteiger partial charge in [-0.15, -0.1) is 5.73 Å². The number of likely N-dealkylation sites (tertiary alicyclic amines) is 1. The summed E-state index contributed by atoms with van der Waals surface area (Å²) in [5.41, 5.74) is 6.27. The van der Waals surface area contributed by atoms with Crippen molar-refractivity contribution in [3.63, 3.8) is 0 Å². The van der Waals surface area contributed by atoms with E-state index in [2.05, 4.69) is 23.2 Å². The SMILES string of the molecule is O=C1CCN(S(=O)(=O)CCc2cccc3ccccc23)CCCC=C=C(C2CCCN(C(=O)CCCc3ccccc3)C2)N1. The van der Waals surface area contributed by atoms with E-state index in [1.54, 1.807) is 0 Å². The van der Waals surface area contributed by atoms with Crippen LogP contribution in [0.4, 0.5) is 0 Å². The van der Waals surface area contributed by atoms with Gasteiger partial charge in [-0.2, -0.15) is 0 Å². The summed E-state index contributed by atoms with van der Waals surface area (Å²) in [7, 11) is -3.56. The predicted molar refractivity (Wildman–Crippen MR) is 175 cm³/mol. The molecule has 0 saturated carbocycles. The van der Waals surface area contributed by atoms with Gasteiger partial charge in [-0.1, -0.05) is 72.8 Å². The van der Waals surface area contributed by atoms with Gasteiger partial charge in [0.15, 0.2) is 0 Å². The Morgan fingerprint density at radius 2 is 1.70 bits per heavy atom. The topological polar surface area (TPSA) is 86.8 Å². The van der Waals surface area contributed by atoms with Crippen LogP contribution in [0, 0.1) is 5.92 Å². The van der Waals surface area contributed by atoms with Crippen molar-refractivity contribution in [3.8, 4) is 0 Å². The van der Waals surface area contributed by atoms with Crippen LogP contribution in [0.5, 0.6) is 0 Å². The molecule has 0 bridgehead atoms. The first-order chi connectivity index (χ1) is 21.4. The number of hydrogen-bond acceptors (Lipinski definition) is 4.